The first kappa shape index (κ1) is 21.8. The Kier molecular flexibility index (Phi) is 7.70. The molecule has 2 atom stereocenters. The summed E-state index contributed by atoms with van der Waals surface area (Å²) in [6, 6.07) is -0.128. The van der Waals surface area contributed by atoms with Crippen molar-refractivity contribution in [3.63, 3.8) is 0 Å². The molecule has 29 heavy (non-hydrogen) atoms. The molecule has 0 radical (unpaired) electrons. The molecule has 7 nitrogen and oxygen atoms in total. The third kappa shape index (κ3) is 5.81. The monoisotopic (exact) mass is 406 g/mol. The molecule has 0 aromatic rings. The lowest BCUT2D eigenvalue weighted by Crippen LogP contribution is -2.52. The number of aliphatic hydroxyl groups excluding tert-OH is 1. The average Bonchev–Trinajstić information content (AvgIpc) is 3.37. The van der Waals surface area contributed by atoms with E-state index < -0.39 is 11.5 Å². The van der Waals surface area contributed by atoms with Crippen molar-refractivity contribution in [2.75, 3.05) is 19.8 Å². The van der Waals surface area contributed by atoms with Crippen molar-refractivity contribution >= 4 is 17.8 Å². The number of nitrogens with one attached hydrogen (secondary N) is 1. The quantitative estimate of drug-likeness (QED) is 0.553. The Bertz CT molecular complexity index is 627. The maximum Gasteiger partial charge on any atom is 0.305 e. The highest BCUT2D eigenvalue weighted by molar-refractivity contribution is 5.86. The van der Waals surface area contributed by atoms with Gasteiger partial charge in [-0.05, 0) is 44.9 Å². The number of amides is 2. The SMILES string of the molecule is O=C1CCCC=CCC(CC(=O)N2CCCC2CO)C(=O)NC2(CCCC2)CO1. The largest absolute Gasteiger partial charge is 0.463 e. The summed E-state index contributed by atoms with van der Waals surface area (Å²) in [6.45, 7) is 0.829. The van der Waals surface area contributed by atoms with E-state index in [1.54, 1.807) is 4.90 Å². The highest BCUT2D eigenvalue weighted by Crippen LogP contribution is 2.31. The molecule has 0 bridgehead atoms. The van der Waals surface area contributed by atoms with Gasteiger partial charge in [0.25, 0.3) is 0 Å². The van der Waals surface area contributed by atoms with E-state index in [0.29, 0.717) is 19.4 Å². The molecule has 2 fully saturated rings. The predicted molar refractivity (Wildman–Crippen MR) is 108 cm³/mol. The molecule has 2 heterocycles. The predicted octanol–water partition coefficient (Wildman–Crippen LogP) is 2.08. The van der Waals surface area contributed by atoms with Crippen LogP contribution in [0.3, 0.4) is 0 Å². The summed E-state index contributed by atoms with van der Waals surface area (Å²) in [6.07, 6.45) is 11.7. The van der Waals surface area contributed by atoms with Crippen LogP contribution in [0.25, 0.3) is 0 Å². The fraction of sp³-hybridized carbons (Fsp3) is 0.773. The number of esters is 1. The molecule has 1 aliphatic carbocycles. The summed E-state index contributed by atoms with van der Waals surface area (Å²) in [7, 11) is 0. The smallest absolute Gasteiger partial charge is 0.305 e. The molecule has 1 spiro atoms. The van der Waals surface area contributed by atoms with E-state index in [1.165, 1.54) is 0 Å². The Morgan fingerprint density at radius 2 is 2.00 bits per heavy atom. The molecule has 2 aliphatic heterocycles. The first-order valence-corrected chi connectivity index (χ1v) is 11.1. The van der Waals surface area contributed by atoms with E-state index >= 15 is 0 Å². The minimum atomic E-state index is -0.507. The van der Waals surface area contributed by atoms with Crippen molar-refractivity contribution in [3.8, 4) is 0 Å². The van der Waals surface area contributed by atoms with Crippen LogP contribution in [-0.2, 0) is 19.1 Å². The van der Waals surface area contributed by atoms with Crippen molar-refractivity contribution in [3.05, 3.63) is 12.2 Å². The second-order valence-corrected chi connectivity index (χ2v) is 8.70. The van der Waals surface area contributed by atoms with Crippen LogP contribution in [0.2, 0.25) is 0 Å². The van der Waals surface area contributed by atoms with Gasteiger partial charge >= 0.3 is 5.97 Å². The molecule has 1 saturated carbocycles. The van der Waals surface area contributed by atoms with Crippen molar-refractivity contribution < 1.29 is 24.2 Å². The average molecular weight is 407 g/mol. The fourth-order valence-electron chi connectivity index (χ4n) is 4.72. The van der Waals surface area contributed by atoms with Crippen LogP contribution in [0.4, 0.5) is 0 Å². The molecule has 2 amide bonds. The third-order valence-corrected chi connectivity index (χ3v) is 6.50. The van der Waals surface area contributed by atoms with Crippen molar-refractivity contribution in [2.24, 2.45) is 5.92 Å². The lowest BCUT2D eigenvalue weighted by atomic mass is 9.94. The lowest BCUT2D eigenvalue weighted by molar-refractivity contribution is -0.147. The standard InChI is InChI=1S/C22H34N2O5/c25-15-18-9-7-13-24(18)19(26)14-17-8-3-1-2-4-10-20(27)29-16-22(23-21(17)28)11-5-6-12-22/h1,3,17-18,25H,2,4-16H2,(H,23,28). The van der Waals surface area contributed by atoms with Crippen molar-refractivity contribution in [2.45, 2.75) is 82.2 Å². The summed E-state index contributed by atoms with van der Waals surface area (Å²) >= 11 is 0. The number of allylic oxidation sites excluding steroid dienone is 2. The van der Waals surface area contributed by atoms with Crippen LogP contribution in [0, 0.1) is 5.92 Å². The highest BCUT2D eigenvalue weighted by atomic mass is 16.5. The number of likely N-dealkylation sites (tertiary alicyclic amines) is 1. The van der Waals surface area contributed by atoms with Gasteiger partial charge < -0.3 is 20.1 Å². The van der Waals surface area contributed by atoms with Crippen molar-refractivity contribution in [1.82, 2.24) is 10.2 Å². The van der Waals surface area contributed by atoms with Crippen LogP contribution in [-0.4, -0.2) is 59.1 Å². The number of carbonyl (C=O) groups excluding carboxylic acids is 3. The van der Waals surface area contributed by atoms with Gasteiger partial charge in [0.1, 0.15) is 6.61 Å². The summed E-state index contributed by atoms with van der Waals surface area (Å²) in [5.41, 5.74) is -0.507. The van der Waals surface area contributed by atoms with Crippen LogP contribution in [0.5, 0.6) is 0 Å². The zero-order valence-electron chi connectivity index (χ0n) is 17.2. The summed E-state index contributed by atoms with van der Waals surface area (Å²) < 4.78 is 5.49. The normalized spacial score (nSPS) is 28.4. The van der Waals surface area contributed by atoms with Gasteiger partial charge in [-0.25, -0.2) is 0 Å². The van der Waals surface area contributed by atoms with Crippen LogP contribution in [0.1, 0.15) is 70.6 Å². The van der Waals surface area contributed by atoms with E-state index in [1.807, 2.05) is 12.2 Å². The zero-order chi connectivity index (χ0) is 20.7. The van der Waals surface area contributed by atoms with Gasteiger partial charge in [0.15, 0.2) is 0 Å². The van der Waals surface area contributed by atoms with Crippen LogP contribution in [0.15, 0.2) is 12.2 Å². The molecule has 0 aromatic heterocycles. The van der Waals surface area contributed by atoms with E-state index in [4.69, 9.17) is 4.74 Å². The van der Waals surface area contributed by atoms with E-state index in [-0.39, 0.29) is 43.5 Å². The third-order valence-electron chi connectivity index (χ3n) is 6.50. The summed E-state index contributed by atoms with van der Waals surface area (Å²) in [5.74, 6) is -0.868. The number of ether oxygens (including phenoxy) is 1. The van der Waals surface area contributed by atoms with Gasteiger partial charge in [-0.1, -0.05) is 25.0 Å². The molecule has 2 unspecified atom stereocenters. The number of aliphatic hydroxyl groups is 1. The first-order valence-electron chi connectivity index (χ1n) is 11.1. The molecule has 1 saturated heterocycles. The van der Waals surface area contributed by atoms with Gasteiger partial charge in [-0.2, -0.15) is 0 Å². The molecule has 7 heteroatoms. The molecule has 3 aliphatic rings. The molecule has 162 valence electrons. The molecule has 3 rings (SSSR count). The molecule has 0 aromatic carbocycles. The van der Waals surface area contributed by atoms with Crippen LogP contribution >= 0.6 is 0 Å². The maximum atomic E-state index is 13.2. The minimum Gasteiger partial charge on any atom is -0.463 e. The number of cyclic esters (lactones) is 1. The summed E-state index contributed by atoms with van der Waals surface area (Å²) in [5, 5.41) is 12.7. The lowest BCUT2D eigenvalue weighted by Gasteiger charge is -2.32. The highest BCUT2D eigenvalue weighted by Gasteiger charge is 2.39. The van der Waals surface area contributed by atoms with Crippen molar-refractivity contribution in [1.29, 1.82) is 0 Å². The summed E-state index contributed by atoms with van der Waals surface area (Å²) in [4.78, 5) is 39.7. The van der Waals surface area contributed by atoms with E-state index in [2.05, 4.69) is 5.32 Å². The van der Waals surface area contributed by atoms with Gasteiger partial charge in [0.2, 0.25) is 11.8 Å². The zero-order valence-corrected chi connectivity index (χ0v) is 17.2. The Morgan fingerprint density at radius 3 is 2.76 bits per heavy atom. The topological polar surface area (TPSA) is 95.9 Å². The molecule has 2 N–H and O–H groups in total. The number of nitrogens with zero attached hydrogens (tertiary/aromatic N) is 1. The second-order valence-electron chi connectivity index (χ2n) is 8.70. The van der Waals surface area contributed by atoms with Gasteiger partial charge in [0, 0.05) is 19.4 Å². The van der Waals surface area contributed by atoms with Gasteiger partial charge in [-0.3, -0.25) is 14.4 Å². The number of hydrogen-bond donors (Lipinski definition) is 2. The molecular formula is C22H34N2O5. The fourth-order valence-corrected chi connectivity index (χ4v) is 4.72. The van der Waals surface area contributed by atoms with E-state index in [9.17, 15) is 19.5 Å². The van der Waals surface area contributed by atoms with Gasteiger partial charge in [-0.15, -0.1) is 0 Å². The van der Waals surface area contributed by atoms with Gasteiger partial charge in [0.05, 0.1) is 24.1 Å². The number of rotatable bonds is 3. The Hall–Kier alpha value is -1.89. The first-order chi connectivity index (χ1) is 14.0. The minimum absolute atomic E-state index is 0.0308. The maximum absolute atomic E-state index is 13.2. The molecular weight excluding hydrogens is 372 g/mol. The number of carbonyl (C=O) groups is 3. The Labute approximate surface area is 172 Å². The number of hydrogen-bond acceptors (Lipinski definition) is 5. The Balaban J connectivity index is 1.72. The Morgan fingerprint density at radius 1 is 1.21 bits per heavy atom. The van der Waals surface area contributed by atoms with Crippen LogP contribution < -0.4 is 5.32 Å². The second kappa shape index (κ2) is 10.2. The van der Waals surface area contributed by atoms with E-state index in [0.717, 1.165) is 51.4 Å².